The number of phenols is 1. The van der Waals surface area contributed by atoms with Gasteiger partial charge in [-0.3, -0.25) is 10.1 Å². The number of aryl methyl sites for hydroxylation is 2. The Balaban J connectivity index is 1.50. The molecule has 1 heterocycles. The third kappa shape index (κ3) is 4.57. The number of carbonyl (C=O) groups excluding carboxylic acids is 1. The van der Waals surface area contributed by atoms with Crippen molar-refractivity contribution in [1.82, 2.24) is 10.3 Å². The first-order valence-corrected chi connectivity index (χ1v) is 10.3. The first kappa shape index (κ1) is 20.6. The van der Waals surface area contributed by atoms with Crippen molar-refractivity contribution >= 4 is 40.0 Å². The summed E-state index contributed by atoms with van der Waals surface area (Å²) in [5.74, 6) is 0.0287. The van der Waals surface area contributed by atoms with E-state index in [0.717, 1.165) is 17.5 Å². The number of thiocarbonyl (C=S) groups is 1. The van der Waals surface area contributed by atoms with Crippen LogP contribution in [0.1, 0.15) is 28.4 Å². The Kier molecular flexibility index (Phi) is 5.68. The molecule has 0 atom stereocenters. The summed E-state index contributed by atoms with van der Waals surface area (Å²) < 4.78 is 5.79. The van der Waals surface area contributed by atoms with E-state index in [2.05, 4.69) is 22.5 Å². The zero-order valence-electron chi connectivity index (χ0n) is 17.1. The number of rotatable bonds is 4. The maximum atomic E-state index is 12.4. The molecule has 0 aliphatic heterocycles. The molecule has 7 heteroatoms. The highest BCUT2D eigenvalue weighted by molar-refractivity contribution is 7.80. The number of nitrogens with one attached hydrogen (secondary N) is 2. The maximum Gasteiger partial charge on any atom is 0.257 e. The normalized spacial score (nSPS) is 10.8. The molecule has 0 spiro atoms. The van der Waals surface area contributed by atoms with Gasteiger partial charge in [-0.1, -0.05) is 25.1 Å². The minimum Gasteiger partial charge on any atom is -0.507 e. The van der Waals surface area contributed by atoms with E-state index in [0.29, 0.717) is 33.8 Å². The second-order valence-electron chi connectivity index (χ2n) is 7.18. The number of hydrogen-bond donors (Lipinski definition) is 3. The van der Waals surface area contributed by atoms with Gasteiger partial charge in [0.2, 0.25) is 5.89 Å². The van der Waals surface area contributed by atoms with Crippen LogP contribution in [-0.4, -0.2) is 21.1 Å². The molecular weight excluding hydrogens is 410 g/mol. The molecule has 0 fully saturated rings. The van der Waals surface area contributed by atoms with E-state index in [1.54, 1.807) is 24.3 Å². The molecule has 0 saturated heterocycles. The van der Waals surface area contributed by atoms with E-state index >= 15 is 0 Å². The predicted octanol–water partition coefficient (Wildman–Crippen LogP) is 5.20. The molecular formula is C24H21N3O3S. The van der Waals surface area contributed by atoms with Crippen molar-refractivity contribution in [3.8, 4) is 17.2 Å². The molecule has 0 radical (unpaired) electrons. The molecule has 0 unspecified atom stereocenters. The van der Waals surface area contributed by atoms with Crippen LogP contribution in [0.3, 0.4) is 0 Å². The van der Waals surface area contributed by atoms with Gasteiger partial charge in [0.25, 0.3) is 5.91 Å². The minimum atomic E-state index is -0.298. The average Bonchev–Trinajstić information content (AvgIpc) is 3.18. The summed E-state index contributed by atoms with van der Waals surface area (Å²) in [6.07, 6.45) is 0.907. The van der Waals surface area contributed by atoms with Crippen LogP contribution in [0.15, 0.2) is 65.1 Å². The molecule has 4 rings (SSSR count). The van der Waals surface area contributed by atoms with Gasteiger partial charge in [0.05, 0.1) is 5.56 Å². The average molecular weight is 432 g/mol. The molecule has 3 aromatic carbocycles. The van der Waals surface area contributed by atoms with E-state index in [-0.39, 0.29) is 16.8 Å². The van der Waals surface area contributed by atoms with Crippen LogP contribution in [0.2, 0.25) is 0 Å². The van der Waals surface area contributed by atoms with Crippen LogP contribution in [0, 0.1) is 6.92 Å². The number of aromatic hydroxyl groups is 1. The van der Waals surface area contributed by atoms with E-state index in [4.69, 9.17) is 16.6 Å². The van der Waals surface area contributed by atoms with Crippen LogP contribution < -0.4 is 10.6 Å². The van der Waals surface area contributed by atoms with Crippen molar-refractivity contribution in [2.75, 3.05) is 5.32 Å². The first-order chi connectivity index (χ1) is 14.9. The number of aromatic nitrogens is 1. The lowest BCUT2D eigenvalue weighted by atomic mass is 10.1. The molecule has 1 aromatic heterocycles. The second kappa shape index (κ2) is 8.57. The van der Waals surface area contributed by atoms with Gasteiger partial charge in [-0.25, -0.2) is 4.98 Å². The fourth-order valence-electron chi connectivity index (χ4n) is 3.17. The number of amides is 1. The largest absolute Gasteiger partial charge is 0.507 e. The van der Waals surface area contributed by atoms with Gasteiger partial charge in [-0.2, -0.15) is 0 Å². The smallest absolute Gasteiger partial charge is 0.257 e. The molecule has 0 aliphatic carbocycles. The van der Waals surface area contributed by atoms with Crippen LogP contribution >= 0.6 is 12.2 Å². The summed E-state index contributed by atoms with van der Waals surface area (Å²) in [4.78, 5) is 16.9. The standard InChI is InChI=1S/C24H21N3O3S/c1-3-15-5-7-16(8-6-15)22(29)27-24(31)25-17-9-10-20(28)18(13-17)23-26-19-12-14(2)4-11-21(19)30-23/h4-13,28H,3H2,1-2H3,(H2,25,27,29,31). The van der Waals surface area contributed by atoms with Crippen molar-refractivity contribution in [1.29, 1.82) is 0 Å². The molecule has 31 heavy (non-hydrogen) atoms. The molecule has 6 nitrogen and oxygen atoms in total. The van der Waals surface area contributed by atoms with Crippen molar-refractivity contribution in [3.63, 3.8) is 0 Å². The summed E-state index contributed by atoms with van der Waals surface area (Å²) in [6.45, 7) is 4.03. The summed E-state index contributed by atoms with van der Waals surface area (Å²) >= 11 is 5.28. The number of phenolic OH excluding ortho intramolecular Hbond substituents is 1. The van der Waals surface area contributed by atoms with E-state index < -0.39 is 0 Å². The second-order valence-corrected chi connectivity index (χ2v) is 7.59. The number of fused-ring (bicyclic) bond motifs is 1. The van der Waals surface area contributed by atoms with Gasteiger partial charge in [0.1, 0.15) is 11.3 Å². The monoisotopic (exact) mass is 431 g/mol. The number of benzene rings is 3. The first-order valence-electron chi connectivity index (χ1n) is 9.85. The molecule has 0 saturated carbocycles. The maximum absolute atomic E-state index is 12.4. The predicted molar refractivity (Wildman–Crippen MR) is 125 cm³/mol. The molecule has 0 aliphatic rings. The lowest BCUT2D eigenvalue weighted by Crippen LogP contribution is -2.34. The van der Waals surface area contributed by atoms with Crippen LogP contribution in [0.5, 0.6) is 5.75 Å². The van der Waals surface area contributed by atoms with Crippen molar-refractivity contribution < 1.29 is 14.3 Å². The number of nitrogens with zero attached hydrogens (tertiary/aromatic N) is 1. The fourth-order valence-corrected chi connectivity index (χ4v) is 3.38. The fraction of sp³-hybridized carbons (Fsp3) is 0.125. The Morgan fingerprint density at radius 3 is 2.61 bits per heavy atom. The lowest BCUT2D eigenvalue weighted by molar-refractivity contribution is 0.0977. The summed E-state index contributed by atoms with van der Waals surface area (Å²) in [7, 11) is 0. The number of carbonyl (C=O) groups is 1. The van der Waals surface area contributed by atoms with Crippen molar-refractivity contribution in [2.45, 2.75) is 20.3 Å². The van der Waals surface area contributed by atoms with Gasteiger partial charge >= 0.3 is 0 Å². The highest BCUT2D eigenvalue weighted by Gasteiger charge is 2.14. The van der Waals surface area contributed by atoms with Gasteiger partial charge in [-0.15, -0.1) is 0 Å². The zero-order chi connectivity index (χ0) is 22.0. The van der Waals surface area contributed by atoms with Crippen LogP contribution in [-0.2, 0) is 6.42 Å². The van der Waals surface area contributed by atoms with Crippen molar-refractivity contribution in [2.24, 2.45) is 0 Å². The van der Waals surface area contributed by atoms with Gasteiger partial charge in [0.15, 0.2) is 10.7 Å². The Morgan fingerprint density at radius 1 is 1.10 bits per heavy atom. The Hall–Kier alpha value is -3.71. The number of hydrogen-bond acceptors (Lipinski definition) is 5. The summed E-state index contributed by atoms with van der Waals surface area (Å²) in [6, 6.07) is 17.9. The highest BCUT2D eigenvalue weighted by Crippen LogP contribution is 2.33. The van der Waals surface area contributed by atoms with Crippen molar-refractivity contribution in [3.05, 3.63) is 77.4 Å². The van der Waals surface area contributed by atoms with Gasteiger partial charge < -0.3 is 14.8 Å². The Bertz CT molecular complexity index is 1280. The lowest BCUT2D eigenvalue weighted by Gasteiger charge is -2.11. The Morgan fingerprint density at radius 2 is 1.87 bits per heavy atom. The van der Waals surface area contributed by atoms with E-state index in [1.165, 1.54) is 6.07 Å². The molecule has 1 amide bonds. The zero-order valence-corrected chi connectivity index (χ0v) is 17.9. The molecule has 156 valence electrons. The topological polar surface area (TPSA) is 87.4 Å². The molecule has 0 bridgehead atoms. The Labute approximate surface area is 184 Å². The third-order valence-corrected chi connectivity index (χ3v) is 5.08. The molecule has 3 N–H and O–H groups in total. The van der Waals surface area contributed by atoms with Gasteiger partial charge in [0, 0.05) is 11.3 Å². The van der Waals surface area contributed by atoms with E-state index in [9.17, 15) is 9.90 Å². The van der Waals surface area contributed by atoms with E-state index in [1.807, 2.05) is 37.3 Å². The van der Waals surface area contributed by atoms with Crippen LogP contribution in [0.4, 0.5) is 5.69 Å². The van der Waals surface area contributed by atoms with Gasteiger partial charge in [-0.05, 0) is 79.2 Å². The highest BCUT2D eigenvalue weighted by atomic mass is 32.1. The SMILES string of the molecule is CCc1ccc(C(=O)NC(=S)Nc2ccc(O)c(-c3nc4cc(C)ccc4o3)c2)cc1. The third-order valence-electron chi connectivity index (χ3n) is 4.88. The summed E-state index contributed by atoms with van der Waals surface area (Å²) in [5, 5.41) is 16.1. The van der Waals surface area contributed by atoms with Crippen LogP contribution in [0.25, 0.3) is 22.6 Å². The quantitative estimate of drug-likeness (QED) is 0.304. The number of oxazole rings is 1. The minimum absolute atomic E-state index is 0.0276. The molecule has 4 aromatic rings. The number of anilines is 1. The summed E-state index contributed by atoms with van der Waals surface area (Å²) in [5.41, 5.74) is 5.09.